The molecular formula is C21H42O2. The molecule has 0 aliphatic heterocycles. The molecule has 1 rings (SSSR count). The first-order valence-corrected chi connectivity index (χ1v) is 10.6. The van der Waals surface area contributed by atoms with Crippen LogP contribution in [-0.4, -0.2) is 23.4 Å². The summed E-state index contributed by atoms with van der Waals surface area (Å²) in [5, 5.41) is 17.5. The average Bonchev–Trinajstić information content (AvgIpc) is 3.25. The van der Waals surface area contributed by atoms with Crippen molar-refractivity contribution in [1.82, 2.24) is 0 Å². The van der Waals surface area contributed by atoms with Gasteiger partial charge < -0.3 is 10.2 Å². The number of aliphatic hydroxyl groups excluding tert-OH is 2. The molecule has 0 radical (unpaired) electrons. The van der Waals surface area contributed by atoms with Crippen molar-refractivity contribution in [1.29, 1.82) is 0 Å². The Hall–Kier alpha value is -0.0800. The topological polar surface area (TPSA) is 40.5 Å². The molecule has 2 N–H and O–H groups in total. The minimum Gasteiger partial charge on any atom is -0.396 e. The molecule has 1 aliphatic carbocycles. The molecule has 0 aromatic rings. The number of hydrogen-bond donors (Lipinski definition) is 2. The van der Waals surface area contributed by atoms with Crippen LogP contribution < -0.4 is 0 Å². The van der Waals surface area contributed by atoms with Gasteiger partial charge in [-0.2, -0.15) is 0 Å². The third kappa shape index (κ3) is 9.72. The lowest BCUT2D eigenvalue weighted by molar-refractivity contribution is 0.282. The molecule has 1 fully saturated rings. The van der Waals surface area contributed by atoms with Gasteiger partial charge in [-0.15, -0.1) is 0 Å². The Kier molecular flexibility index (Phi) is 13.0. The van der Waals surface area contributed by atoms with Gasteiger partial charge in [-0.05, 0) is 43.4 Å². The van der Waals surface area contributed by atoms with Gasteiger partial charge in [0.15, 0.2) is 0 Å². The zero-order valence-corrected chi connectivity index (χ0v) is 15.6. The lowest BCUT2D eigenvalue weighted by Crippen LogP contribution is -1.88. The van der Waals surface area contributed by atoms with Crippen LogP contribution in [-0.2, 0) is 0 Å². The normalized spacial score (nSPS) is 23.3. The van der Waals surface area contributed by atoms with E-state index in [1.165, 1.54) is 83.5 Å². The molecule has 0 aromatic heterocycles. The standard InChI is InChI=1S/C21H42O2/c1-2-19-20(15-11-7-3-5-9-13-17-22)21(19)16-12-8-4-6-10-14-18-23/h19-23H,2-18H2,1H3. The first kappa shape index (κ1) is 21.0. The molecule has 0 amide bonds. The third-order valence-corrected chi connectivity index (χ3v) is 5.87. The molecule has 2 heteroatoms. The molecule has 2 atom stereocenters. The van der Waals surface area contributed by atoms with Crippen LogP contribution in [0.5, 0.6) is 0 Å². The van der Waals surface area contributed by atoms with Crippen LogP contribution in [0.15, 0.2) is 0 Å². The van der Waals surface area contributed by atoms with E-state index >= 15 is 0 Å². The van der Waals surface area contributed by atoms with Crippen molar-refractivity contribution in [3.05, 3.63) is 0 Å². The molecule has 0 bridgehead atoms. The van der Waals surface area contributed by atoms with Gasteiger partial charge in [0.1, 0.15) is 0 Å². The second-order valence-corrected chi connectivity index (χ2v) is 7.67. The Morgan fingerprint density at radius 1 is 0.478 bits per heavy atom. The van der Waals surface area contributed by atoms with Crippen molar-refractivity contribution in [2.45, 2.75) is 103 Å². The van der Waals surface area contributed by atoms with Gasteiger partial charge in [0.05, 0.1) is 0 Å². The van der Waals surface area contributed by atoms with Crippen molar-refractivity contribution in [2.24, 2.45) is 17.8 Å². The van der Waals surface area contributed by atoms with E-state index in [1.54, 1.807) is 0 Å². The summed E-state index contributed by atoms with van der Waals surface area (Å²) in [4.78, 5) is 0. The first-order valence-electron chi connectivity index (χ1n) is 10.6. The summed E-state index contributed by atoms with van der Waals surface area (Å²) in [6.45, 7) is 3.11. The van der Waals surface area contributed by atoms with E-state index < -0.39 is 0 Å². The fourth-order valence-corrected chi connectivity index (χ4v) is 4.38. The van der Waals surface area contributed by atoms with Crippen LogP contribution in [0.2, 0.25) is 0 Å². The predicted molar refractivity (Wildman–Crippen MR) is 99.6 cm³/mol. The molecule has 0 spiro atoms. The molecule has 0 saturated heterocycles. The zero-order chi connectivity index (χ0) is 16.8. The van der Waals surface area contributed by atoms with Crippen molar-refractivity contribution in [2.75, 3.05) is 13.2 Å². The van der Waals surface area contributed by atoms with Crippen molar-refractivity contribution >= 4 is 0 Å². The van der Waals surface area contributed by atoms with Gasteiger partial charge in [0, 0.05) is 13.2 Å². The van der Waals surface area contributed by atoms with Gasteiger partial charge in [-0.25, -0.2) is 0 Å². The maximum absolute atomic E-state index is 8.77. The molecule has 138 valence electrons. The van der Waals surface area contributed by atoms with Crippen LogP contribution in [0, 0.1) is 17.8 Å². The Morgan fingerprint density at radius 3 is 1.17 bits per heavy atom. The van der Waals surface area contributed by atoms with Crippen LogP contribution in [0.1, 0.15) is 103 Å². The number of rotatable bonds is 17. The molecule has 0 heterocycles. The highest BCUT2D eigenvalue weighted by Gasteiger charge is 2.46. The minimum absolute atomic E-state index is 0.364. The summed E-state index contributed by atoms with van der Waals surface area (Å²) < 4.78 is 0. The van der Waals surface area contributed by atoms with Crippen molar-refractivity contribution < 1.29 is 10.2 Å². The van der Waals surface area contributed by atoms with Crippen molar-refractivity contribution in [3.63, 3.8) is 0 Å². The average molecular weight is 327 g/mol. The maximum Gasteiger partial charge on any atom is 0.0431 e. The second kappa shape index (κ2) is 14.3. The largest absolute Gasteiger partial charge is 0.396 e. The molecule has 1 aliphatic rings. The Morgan fingerprint density at radius 2 is 0.826 bits per heavy atom. The molecular weight excluding hydrogens is 284 g/mol. The lowest BCUT2D eigenvalue weighted by atomic mass is 10.0. The van der Waals surface area contributed by atoms with Gasteiger partial charge in [-0.1, -0.05) is 77.6 Å². The van der Waals surface area contributed by atoms with E-state index in [-0.39, 0.29) is 0 Å². The monoisotopic (exact) mass is 326 g/mol. The van der Waals surface area contributed by atoms with E-state index in [0.29, 0.717) is 13.2 Å². The quantitative estimate of drug-likeness (QED) is 0.336. The van der Waals surface area contributed by atoms with Gasteiger partial charge >= 0.3 is 0 Å². The summed E-state index contributed by atoms with van der Waals surface area (Å²) in [6.07, 6.45) is 19.7. The van der Waals surface area contributed by atoms with E-state index in [9.17, 15) is 0 Å². The van der Waals surface area contributed by atoms with Crippen LogP contribution in [0.25, 0.3) is 0 Å². The fraction of sp³-hybridized carbons (Fsp3) is 1.00. The third-order valence-electron chi connectivity index (χ3n) is 5.87. The van der Waals surface area contributed by atoms with Gasteiger partial charge in [0.25, 0.3) is 0 Å². The molecule has 0 aromatic carbocycles. The summed E-state index contributed by atoms with van der Waals surface area (Å²) in [5.74, 6) is 3.14. The second-order valence-electron chi connectivity index (χ2n) is 7.67. The number of aliphatic hydroxyl groups is 2. The summed E-state index contributed by atoms with van der Waals surface area (Å²) in [5.41, 5.74) is 0. The highest BCUT2D eigenvalue weighted by Crippen LogP contribution is 2.54. The number of unbranched alkanes of at least 4 members (excludes halogenated alkanes) is 10. The van der Waals surface area contributed by atoms with E-state index in [2.05, 4.69) is 6.92 Å². The summed E-state index contributed by atoms with van der Waals surface area (Å²) in [6, 6.07) is 0. The van der Waals surface area contributed by atoms with Crippen LogP contribution in [0.3, 0.4) is 0 Å². The molecule has 2 unspecified atom stereocenters. The Balaban J connectivity index is 1.93. The first-order chi connectivity index (χ1) is 11.3. The SMILES string of the molecule is CCC1C(CCCCCCCCO)C1CCCCCCCCO. The highest BCUT2D eigenvalue weighted by molar-refractivity contribution is 4.95. The summed E-state index contributed by atoms with van der Waals surface area (Å²) in [7, 11) is 0. The lowest BCUT2D eigenvalue weighted by Gasteiger charge is -2.03. The zero-order valence-electron chi connectivity index (χ0n) is 15.6. The predicted octanol–water partition coefficient (Wildman–Crippen LogP) is 5.70. The Bertz CT molecular complexity index is 230. The van der Waals surface area contributed by atoms with E-state index in [1.807, 2.05) is 0 Å². The molecule has 1 saturated carbocycles. The summed E-state index contributed by atoms with van der Waals surface area (Å²) >= 11 is 0. The van der Waals surface area contributed by atoms with Gasteiger partial charge in [0.2, 0.25) is 0 Å². The maximum atomic E-state index is 8.77. The van der Waals surface area contributed by atoms with Crippen LogP contribution in [0.4, 0.5) is 0 Å². The number of hydrogen-bond acceptors (Lipinski definition) is 2. The van der Waals surface area contributed by atoms with Crippen molar-refractivity contribution in [3.8, 4) is 0 Å². The fourth-order valence-electron chi connectivity index (χ4n) is 4.38. The molecule has 2 nitrogen and oxygen atoms in total. The van der Waals surface area contributed by atoms with E-state index in [0.717, 1.165) is 30.6 Å². The molecule has 23 heavy (non-hydrogen) atoms. The van der Waals surface area contributed by atoms with E-state index in [4.69, 9.17) is 10.2 Å². The minimum atomic E-state index is 0.364. The Labute approximate surface area is 145 Å². The van der Waals surface area contributed by atoms with Crippen LogP contribution >= 0.6 is 0 Å². The smallest absolute Gasteiger partial charge is 0.0431 e. The highest BCUT2D eigenvalue weighted by atomic mass is 16.3. The van der Waals surface area contributed by atoms with Gasteiger partial charge in [-0.3, -0.25) is 0 Å².